The van der Waals surface area contributed by atoms with Crippen molar-refractivity contribution in [2.45, 2.75) is 84.1 Å². The van der Waals surface area contributed by atoms with Gasteiger partial charge >= 0.3 is 0 Å². The third-order valence-electron chi connectivity index (χ3n) is 6.55. The van der Waals surface area contributed by atoms with Gasteiger partial charge in [-0.3, -0.25) is 9.36 Å². The third-order valence-corrected chi connectivity index (χ3v) is 6.55. The Kier molecular flexibility index (Phi) is 8.19. The molecular weight excluding hydrogens is 484 g/mol. The molecule has 1 aliphatic rings. The van der Waals surface area contributed by atoms with Gasteiger partial charge in [-0.25, -0.2) is 4.98 Å². The zero-order chi connectivity index (χ0) is 26.7. The molecule has 1 saturated heterocycles. The van der Waals surface area contributed by atoms with Crippen molar-refractivity contribution in [3.05, 3.63) is 18.0 Å². The van der Waals surface area contributed by atoms with Crippen LogP contribution in [0.2, 0.25) is 0 Å². The van der Waals surface area contributed by atoms with Crippen molar-refractivity contribution in [2.24, 2.45) is 5.92 Å². The van der Waals surface area contributed by atoms with E-state index in [0.29, 0.717) is 22.8 Å². The minimum Gasteiger partial charge on any atom is -0.457 e. The van der Waals surface area contributed by atoms with Crippen LogP contribution >= 0.6 is 0 Å². The molecule has 0 spiro atoms. The first-order chi connectivity index (χ1) is 17.8. The molecular formula is C23H34N8O6. The number of hydrogen-bond donors (Lipinski definition) is 4. The lowest BCUT2D eigenvalue weighted by Crippen LogP contribution is -2.32. The van der Waals surface area contributed by atoms with Crippen LogP contribution in [-0.2, 0) is 14.3 Å². The average molecular weight is 519 g/mol. The molecule has 0 radical (unpaired) electrons. The molecule has 0 aromatic carbocycles. The van der Waals surface area contributed by atoms with E-state index in [4.69, 9.17) is 14.0 Å². The molecule has 0 aliphatic carbocycles. The second-order valence-corrected chi connectivity index (χ2v) is 9.37. The molecule has 0 saturated carbocycles. The highest BCUT2D eigenvalue weighted by molar-refractivity contribution is 5.84. The van der Waals surface area contributed by atoms with Crippen molar-refractivity contribution >= 4 is 29.4 Å². The minimum absolute atomic E-state index is 0.0622. The number of hydrogen-bond acceptors (Lipinski definition) is 13. The fourth-order valence-electron chi connectivity index (χ4n) is 4.26. The van der Waals surface area contributed by atoms with Gasteiger partial charge in [0.1, 0.15) is 6.10 Å². The summed E-state index contributed by atoms with van der Waals surface area (Å²) in [6.45, 7) is 9.90. The Morgan fingerprint density at radius 2 is 1.97 bits per heavy atom. The Morgan fingerprint density at radius 1 is 1.22 bits per heavy atom. The van der Waals surface area contributed by atoms with Crippen LogP contribution < -0.4 is 10.6 Å². The van der Waals surface area contributed by atoms with E-state index < -0.39 is 24.5 Å². The maximum Gasteiger partial charge on any atom is 0.293 e. The Bertz CT molecular complexity index is 1200. The van der Waals surface area contributed by atoms with Crippen LogP contribution in [0, 0.1) is 12.8 Å². The lowest BCUT2D eigenvalue weighted by Gasteiger charge is -2.22. The first kappa shape index (κ1) is 26.7. The van der Waals surface area contributed by atoms with Crippen molar-refractivity contribution in [1.29, 1.82) is 0 Å². The summed E-state index contributed by atoms with van der Waals surface area (Å²) in [6.07, 6.45) is -1.18. The Labute approximate surface area is 213 Å². The van der Waals surface area contributed by atoms with Crippen molar-refractivity contribution in [2.75, 3.05) is 17.2 Å². The van der Waals surface area contributed by atoms with Gasteiger partial charge < -0.3 is 34.8 Å². The lowest BCUT2D eigenvalue weighted by molar-refractivity contribution is -0.142. The number of aryl methyl sites for hydroxylation is 1. The maximum absolute atomic E-state index is 11.3. The van der Waals surface area contributed by atoms with Crippen LogP contribution in [0.5, 0.6) is 0 Å². The second kappa shape index (κ2) is 11.4. The average Bonchev–Trinajstić information content (AvgIpc) is 3.58. The molecule has 37 heavy (non-hydrogen) atoms. The SMILES string of the molecule is CCC(CC)Nc1nc(N[C@H](CO)C(C)C)nc2c1ncn2[C@@H]1O[C@H](c2nc(C)no2)[C@@H](O)[C@H]1OC=O. The monoisotopic (exact) mass is 518 g/mol. The number of carbonyl (C=O) groups is 1. The third kappa shape index (κ3) is 5.36. The normalized spacial score (nSPS) is 22.6. The Hall–Kier alpha value is -3.36. The number of rotatable bonds is 12. The Balaban J connectivity index is 1.79. The summed E-state index contributed by atoms with van der Waals surface area (Å²) >= 11 is 0. The van der Waals surface area contributed by atoms with E-state index in [1.54, 1.807) is 11.5 Å². The molecule has 14 heteroatoms. The summed E-state index contributed by atoms with van der Waals surface area (Å²) in [5.41, 5.74) is 0.855. The van der Waals surface area contributed by atoms with E-state index in [1.807, 2.05) is 13.8 Å². The molecule has 4 rings (SSSR count). The number of fused-ring (bicyclic) bond motifs is 1. The van der Waals surface area contributed by atoms with E-state index >= 15 is 0 Å². The first-order valence-electron chi connectivity index (χ1n) is 12.4. The fourth-order valence-corrected chi connectivity index (χ4v) is 4.26. The largest absolute Gasteiger partial charge is 0.457 e. The standard InChI is InChI=1S/C23H34N8O6/c1-6-13(7-2)26-19-15-20(29-23(28-19)27-14(8-32)11(3)4)31(9-24-15)22-18(35-10-33)16(34)17(36-22)21-25-12(5)30-37-21/h9-11,13-14,16-18,22,32,34H,6-8H2,1-5H3,(H2,26,27,28,29)/t14-,16-,17+,18-,22-/m1/s1. The van der Waals surface area contributed by atoms with Crippen LogP contribution in [-0.4, -0.2) is 77.2 Å². The second-order valence-electron chi connectivity index (χ2n) is 9.37. The van der Waals surface area contributed by atoms with Crippen molar-refractivity contribution in [3.63, 3.8) is 0 Å². The van der Waals surface area contributed by atoms with Crippen molar-refractivity contribution in [3.8, 4) is 0 Å². The van der Waals surface area contributed by atoms with Gasteiger partial charge in [-0.2, -0.15) is 15.0 Å². The number of aliphatic hydroxyl groups excluding tert-OH is 2. The van der Waals surface area contributed by atoms with Gasteiger partial charge in [0, 0.05) is 6.04 Å². The molecule has 3 aromatic heterocycles. The molecule has 0 amide bonds. The molecule has 1 aliphatic heterocycles. The summed E-state index contributed by atoms with van der Waals surface area (Å²) in [5, 5.41) is 31.2. The Morgan fingerprint density at radius 3 is 2.57 bits per heavy atom. The lowest BCUT2D eigenvalue weighted by atomic mass is 10.1. The highest BCUT2D eigenvalue weighted by Crippen LogP contribution is 2.41. The van der Waals surface area contributed by atoms with Gasteiger partial charge in [-0.15, -0.1) is 0 Å². The number of ether oxygens (including phenoxy) is 2. The highest BCUT2D eigenvalue weighted by atomic mass is 16.6. The van der Waals surface area contributed by atoms with Crippen molar-refractivity contribution < 1.29 is 29.0 Å². The minimum atomic E-state index is -1.28. The zero-order valence-corrected chi connectivity index (χ0v) is 21.5. The molecule has 0 unspecified atom stereocenters. The number of nitrogens with one attached hydrogen (secondary N) is 2. The van der Waals surface area contributed by atoms with Crippen LogP contribution in [0.1, 0.15) is 64.6 Å². The van der Waals surface area contributed by atoms with Gasteiger partial charge in [-0.05, 0) is 25.7 Å². The predicted molar refractivity (Wildman–Crippen MR) is 131 cm³/mol. The summed E-state index contributed by atoms with van der Waals surface area (Å²) in [4.78, 5) is 29.3. The van der Waals surface area contributed by atoms with E-state index in [-0.39, 0.29) is 42.9 Å². The smallest absolute Gasteiger partial charge is 0.293 e. The van der Waals surface area contributed by atoms with Gasteiger partial charge in [0.15, 0.2) is 41.2 Å². The number of imidazole rings is 1. The highest BCUT2D eigenvalue weighted by Gasteiger charge is 2.50. The number of nitrogens with zero attached hydrogens (tertiary/aromatic N) is 6. The van der Waals surface area contributed by atoms with E-state index in [9.17, 15) is 15.0 Å². The summed E-state index contributed by atoms with van der Waals surface area (Å²) < 4.78 is 18.1. The van der Waals surface area contributed by atoms with Gasteiger partial charge in [-0.1, -0.05) is 32.9 Å². The maximum atomic E-state index is 11.3. The summed E-state index contributed by atoms with van der Waals surface area (Å²) in [6, 6.07) is -0.133. The van der Waals surface area contributed by atoms with E-state index in [0.717, 1.165) is 12.8 Å². The molecule has 4 N–H and O–H groups in total. The molecule has 14 nitrogen and oxygen atoms in total. The van der Waals surface area contributed by atoms with Gasteiger partial charge in [0.2, 0.25) is 5.95 Å². The molecule has 5 atom stereocenters. The van der Waals surface area contributed by atoms with Crippen LogP contribution in [0.25, 0.3) is 11.2 Å². The summed E-state index contributed by atoms with van der Waals surface area (Å²) in [5.74, 6) is 1.34. The summed E-state index contributed by atoms with van der Waals surface area (Å²) in [7, 11) is 0. The van der Waals surface area contributed by atoms with Gasteiger partial charge in [0.25, 0.3) is 12.4 Å². The number of aromatic nitrogens is 6. The number of carbonyl (C=O) groups excluding carboxylic acids is 1. The fraction of sp³-hybridized carbons (Fsp3) is 0.652. The number of anilines is 2. The first-order valence-corrected chi connectivity index (χ1v) is 12.4. The zero-order valence-electron chi connectivity index (χ0n) is 21.5. The van der Waals surface area contributed by atoms with E-state index in [1.165, 1.54) is 6.33 Å². The predicted octanol–water partition coefficient (Wildman–Crippen LogP) is 1.72. The van der Waals surface area contributed by atoms with Crippen LogP contribution in [0.3, 0.4) is 0 Å². The quantitative estimate of drug-likeness (QED) is 0.254. The van der Waals surface area contributed by atoms with E-state index in [2.05, 4.69) is 49.6 Å². The molecule has 0 bridgehead atoms. The number of aliphatic hydroxyl groups is 2. The van der Waals surface area contributed by atoms with Crippen LogP contribution in [0.15, 0.2) is 10.9 Å². The topological polar surface area (TPSA) is 183 Å². The molecule has 202 valence electrons. The molecule has 3 aromatic rings. The molecule has 4 heterocycles. The van der Waals surface area contributed by atoms with Crippen LogP contribution in [0.4, 0.5) is 11.8 Å². The molecule has 1 fully saturated rings. The van der Waals surface area contributed by atoms with Gasteiger partial charge in [0.05, 0.1) is 19.0 Å². The van der Waals surface area contributed by atoms with Crippen molar-refractivity contribution in [1.82, 2.24) is 29.7 Å².